The van der Waals surface area contributed by atoms with Gasteiger partial charge in [0, 0.05) is 17.8 Å². The van der Waals surface area contributed by atoms with Crippen LogP contribution < -0.4 is 5.73 Å². The minimum atomic E-state index is -0.170. The standard InChI is InChI=1S/C15H13N3O/c16-9-11-12-7-4-8-18(12)15(17)13(11)14(19)10-5-2-1-3-6-10/h1-3,5-6H,4,7-8,17H2. The Kier molecular flexibility index (Phi) is 2.60. The molecule has 4 heteroatoms. The zero-order chi connectivity index (χ0) is 13.4. The Balaban J connectivity index is 2.17. The summed E-state index contributed by atoms with van der Waals surface area (Å²) in [7, 11) is 0. The van der Waals surface area contributed by atoms with Gasteiger partial charge in [-0.15, -0.1) is 0 Å². The lowest BCUT2D eigenvalue weighted by molar-refractivity contribution is 0.103. The van der Waals surface area contributed by atoms with Gasteiger partial charge in [-0.3, -0.25) is 4.79 Å². The smallest absolute Gasteiger partial charge is 0.198 e. The van der Waals surface area contributed by atoms with Crippen molar-refractivity contribution < 1.29 is 4.79 Å². The molecule has 2 N–H and O–H groups in total. The predicted octanol–water partition coefficient (Wildman–Crippen LogP) is 2.12. The van der Waals surface area contributed by atoms with E-state index in [0.717, 1.165) is 25.1 Å². The molecule has 0 atom stereocenters. The number of nitrogens with two attached hydrogens (primary N) is 1. The Morgan fingerprint density at radius 2 is 2.05 bits per heavy atom. The molecule has 0 saturated heterocycles. The quantitative estimate of drug-likeness (QED) is 0.831. The number of benzene rings is 1. The molecule has 1 aromatic heterocycles. The van der Waals surface area contributed by atoms with Gasteiger partial charge in [0.1, 0.15) is 11.9 Å². The van der Waals surface area contributed by atoms with Crippen molar-refractivity contribution >= 4 is 11.6 Å². The summed E-state index contributed by atoms with van der Waals surface area (Å²) >= 11 is 0. The van der Waals surface area contributed by atoms with Crippen LogP contribution in [0.2, 0.25) is 0 Å². The number of anilines is 1. The third kappa shape index (κ3) is 1.63. The van der Waals surface area contributed by atoms with Crippen LogP contribution in [0.5, 0.6) is 0 Å². The number of nitriles is 1. The number of hydrogen-bond acceptors (Lipinski definition) is 3. The third-order valence-corrected chi connectivity index (χ3v) is 3.58. The summed E-state index contributed by atoms with van der Waals surface area (Å²) < 4.78 is 1.90. The molecular weight excluding hydrogens is 238 g/mol. The molecular formula is C15H13N3O. The average molecular weight is 251 g/mol. The van der Waals surface area contributed by atoms with E-state index in [4.69, 9.17) is 5.73 Å². The normalized spacial score (nSPS) is 13.0. The Labute approximate surface area is 111 Å². The van der Waals surface area contributed by atoms with Crippen LogP contribution in [0.1, 0.15) is 33.6 Å². The van der Waals surface area contributed by atoms with Gasteiger partial charge in [0.2, 0.25) is 0 Å². The maximum absolute atomic E-state index is 12.5. The molecule has 19 heavy (non-hydrogen) atoms. The van der Waals surface area contributed by atoms with Gasteiger partial charge < -0.3 is 10.3 Å². The van der Waals surface area contributed by atoms with Crippen LogP contribution in [0.25, 0.3) is 0 Å². The fourth-order valence-corrected chi connectivity index (χ4v) is 2.69. The van der Waals surface area contributed by atoms with Crippen molar-refractivity contribution in [2.45, 2.75) is 19.4 Å². The average Bonchev–Trinajstić information content (AvgIpc) is 3.01. The highest BCUT2D eigenvalue weighted by atomic mass is 16.1. The largest absolute Gasteiger partial charge is 0.384 e. The van der Waals surface area contributed by atoms with E-state index in [2.05, 4.69) is 6.07 Å². The van der Waals surface area contributed by atoms with E-state index in [0.29, 0.717) is 22.5 Å². The second-order valence-electron chi connectivity index (χ2n) is 4.64. The van der Waals surface area contributed by atoms with Gasteiger partial charge in [-0.05, 0) is 12.8 Å². The molecule has 1 aliphatic heterocycles. The van der Waals surface area contributed by atoms with Crippen LogP contribution in [0, 0.1) is 11.3 Å². The molecule has 0 aliphatic carbocycles. The van der Waals surface area contributed by atoms with Crippen LogP contribution >= 0.6 is 0 Å². The highest BCUT2D eigenvalue weighted by Crippen LogP contribution is 2.32. The maximum Gasteiger partial charge on any atom is 0.198 e. The molecule has 0 spiro atoms. The summed E-state index contributed by atoms with van der Waals surface area (Å²) in [6.45, 7) is 0.790. The monoisotopic (exact) mass is 251 g/mol. The first-order valence-electron chi connectivity index (χ1n) is 6.24. The van der Waals surface area contributed by atoms with Crippen LogP contribution in [0.4, 0.5) is 5.82 Å². The molecule has 0 unspecified atom stereocenters. The summed E-state index contributed by atoms with van der Waals surface area (Å²) in [4.78, 5) is 12.5. The Hall–Kier alpha value is -2.54. The molecule has 94 valence electrons. The molecule has 3 rings (SSSR count). The number of hydrogen-bond donors (Lipinski definition) is 1. The number of rotatable bonds is 2. The first-order valence-corrected chi connectivity index (χ1v) is 6.24. The fraction of sp³-hybridized carbons (Fsp3) is 0.200. The predicted molar refractivity (Wildman–Crippen MR) is 71.8 cm³/mol. The van der Waals surface area contributed by atoms with Crippen molar-refractivity contribution in [2.24, 2.45) is 0 Å². The number of fused-ring (bicyclic) bond motifs is 1. The lowest BCUT2D eigenvalue weighted by atomic mass is 10.00. The van der Waals surface area contributed by atoms with Gasteiger partial charge in [0.05, 0.1) is 11.1 Å². The molecule has 2 heterocycles. The summed E-state index contributed by atoms with van der Waals surface area (Å²) in [5.41, 5.74) is 8.34. The third-order valence-electron chi connectivity index (χ3n) is 3.58. The number of carbonyl (C=O) groups excluding carboxylic acids is 1. The van der Waals surface area contributed by atoms with Crippen LogP contribution in [0.3, 0.4) is 0 Å². The molecule has 0 bridgehead atoms. The van der Waals surface area contributed by atoms with E-state index in [9.17, 15) is 10.1 Å². The zero-order valence-electron chi connectivity index (χ0n) is 10.4. The molecule has 1 aromatic carbocycles. The van der Waals surface area contributed by atoms with Gasteiger partial charge in [-0.1, -0.05) is 30.3 Å². The Bertz CT molecular complexity index is 692. The van der Waals surface area contributed by atoms with Crippen molar-refractivity contribution in [3.63, 3.8) is 0 Å². The topological polar surface area (TPSA) is 71.8 Å². The van der Waals surface area contributed by atoms with E-state index >= 15 is 0 Å². The number of nitrogen functional groups attached to an aromatic ring is 1. The van der Waals surface area contributed by atoms with Gasteiger partial charge in [-0.25, -0.2) is 0 Å². The van der Waals surface area contributed by atoms with Gasteiger partial charge >= 0.3 is 0 Å². The zero-order valence-corrected chi connectivity index (χ0v) is 10.4. The molecule has 0 saturated carbocycles. The number of aromatic nitrogens is 1. The van der Waals surface area contributed by atoms with Crippen LogP contribution in [0.15, 0.2) is 30.3 Å². The van der Waals surface area contributed by atoms with E-state index in [1.807, 2.05) is 10.6 Å². The maximum atomic E-state index is 12.5. The van der Waals surface area contributed by atoms with Crippen molar-refractivity contribution in [3.05, 3.63) is 52.7 Å². The molecule has 0 amide bonds. The number of carbonyl (C=O) groups is 1. The first kappa shape index (κ1) is 11.5. The number of nitrogens with zero attached hydrogens (tertiary/aromatic N) is 2. The first-order chi connectivity index (χ1) is 9.24. The van der Waals surface area contributed by atoms with Gasteiger partial charge in [0.15, 0.2) is 5.78 Å². The van der Waals surface area contributed by atoms with Crippen molar-refractivity contribution in [1.82, 2.24) is 4.57 Å². The molecule has 0 fully saturated rings. The van der Waals surface area contributed by atoms with E-state index in [-0.39, 0.29) is 5.78 Å². The Morgan fingerprint density at radius 3 is 2.74 bits per heavy atom. The molecule has 2 aromatic rings. The molecule has 0 radical (unpaired) electrons. The van der Waals surface area contributed by atoms with E-state index < -0.39 is 0 Å². The molecule has 1 aliphatic rings. The Morgan fingerprint density at radius 1 is 1.32 bits per heavy atom. The lowest BCUT2D eigenvalue weighted by Gasteiger charge is -2.03. The van der Waals surface area contributed by atoms with Crippen LogP contribution in [-0.2, 0) is 13.0 Å². The minimum Gasteiger partial charge on any atom is -0.384 e. The van der Waals surface area contributed by atoms with E-state index in [1.165, 1.54) is 0 Å². The highest BCUT2D eigenvalue weighted by molar-refractivity contribution is 6.13. The molecule has 4 nitrogen and oxygen atoms in total. The van der Waals surface area contributed by atoms with E-state index in [1.54, 1.807) is 24.3 Å². The van der Waals surface area contributed by atoms with Crippen molar-refractivity contribution in [3.8, 4) is 6.07 Å². The van der Waals surface area contributed by atoms with Gasteiger partial charge in [0.25, 0.3) is 0 Å². The summed E-state index contributed by atoms with van der Waals surface area (Å²) in [6, 6.07) is 11.1. The SMILES string of the molecule is N#Cc1c(C(=O)c2ccccc2)c(N)n2c1CCC2. The minimum absolute atomic E-state index is 0.170. The van der Waals surface area contributed by atoms with Crippen molar-refractivity contribution in [1.29, 1.82) is 5.26 Å². The van der Waals surface area contributed by atoms with Crippen LogP contribution in [-0.4, -0.2) is 10.4 Å². The summed E-state index contributed by atoms with van der Waals surface area (Å²) in [6.07, 6.45) is 1.79. The second kappa shape index (κ2) is 4.29. The summed E-state index contributed by atoms with van der Waals surface area (Å²) in [5, 5.41) is 9.32. The highest BCUT2D eigenvalue weighted by Gasteiger charge is 2.28. The summed E-state index contributed by atoms with van der Waals surface area (Å²) in [5.74, 6) is 0.259. The van der Waals surface area contributed by atoms with Gasteiger partial charge in [-0.2, -0.15) is 5.26 Å². The second-order valence-corrected chi connectivity index (χ2v) is 4.64. The lowest BCUT2D eigenvalue weighted by Crippen LogP contribution is -2.07. The number of ketones is 1. The van der Waals surface area contributed by atoms with Crippen molar-refractivity contribution in [2.75, 3.05) is 5.73 Å². The fourth-order valence-electron chi connectivity index (χ4n) is 2.69.